The van der Waals surface area contributed by atoms with Gasteiger partial charge < -0.3 is 10.5 Å². The number of rotatable bonds is 4. The Labute approximate surface area is 137 Å². The summed E-state index contributed by atoms with van der Waals surface area (Å²) in [5, 5.41) is 0. The van der Waals surface area contributed by atoms with Crippen LogP contribution >= 0.6 is 0 Å². The van der Waals surface area contributed by atoms with E-state index in [1.807, 2.05) is 18.2 Å². The van der Waals surface area contributed by atoms with E-state index in [1.54, 1.807) is 30.3 Å². The molecule has 0 saturated carbocycles. The molecule has 3 aromatic rings. The maximum absolute atomic E-state index is 13.8. The summed E-state index contributed by atoms with van der Waals surface area (Å²) in [6.07, 6.45) is 0. The number of hydrogen-bond donors (Lipinski definition) is 1. The molecule has 0 amide bonds. The molecule has 0 bridgehead atoms. The van der Waals surface area contributed by atoms with Crippen LogP contribution in [-0.4, -0.2) is 0 Å². The summed E-state index contributed by atoms with van der Waals surface area (Å²) in [6.45, 7) is 0.337. The Morgan fingerprint density at radius 1 is 0.792 bits per heavy atom. The van der Waals surface area contributed by atoms with Gasteiger partial charge in [-0.05, 0) is 41.5 Å². The van der Waals surface area contributed by atoms with Crippen molar-refractivity contribution in [3.8, 4) is 16.9 Å². The highest BCUT2D eigenvalue weighted by Crippen LogP contribution is 2.27. The van der Waals surface area contributed by atoms with E-state index in [1.165, 1.54) is 0 Å². The lowest BCUT2D eigenvalue weighted by Crippen LogP contribution is -1.96. The molecule has 5 heteroatoms. The van der Waals surface area contributed by atoms with Gasteiger partial charge in [0.1, 0.15) is 18.2 Å². The summed E-state index contributed by atoms with van der Waals surface area (Å²) >= 11 is 0. The Morgan fingerprint density at radius 2 is 1.50 bits per heavy atom. The largest absolute Gasteiger partial charge is 0.489 e. The molecular formula is C19H14F3NO. The molecule has 3 rings (SSSR count). The van der Waals surface area contributed by atoms with Crippen LogP contribution in [0.25, 0.3) is 11.1 Å². The fourth-order valence-corrected chi connectivity index (χ4v) is 2.32. The fraction of sp³-hybridized carbons (Fsp3) is 0.0526. The highest BCUT2D eigenvalue weighted by atomic mass is 19.2. The van der Waals surface area contributed by atoms with Crippen molar-refractivity contribution in [1.29, 1.82) is 0 Å². The van der Waals surface area contributed by atoms with Crippen molar-refractivity contribution < 1.29 is 17.9 Å². The van der Waals surface area contributed by atoms with Crippen LogP contribution in [0.1, 0.15) is 5.56 Å². The first kappa shape index (κ1) is 15.9. The molecule has 2 nitrogen and oxygen atoms in total. The normalized spacial score (nSPS) is 10.6. The highest BCUT2D eigenvalue weighted by molar-refractivity contribution is 5.65. The molecule has 2 N–H and O–H groups in total. The quantitative estimate of drug-likeness (QED) is 0.544. The summed E-state index contributed by atoms with van der Waals surface area (Å²) in [4.78, 5) is 0. The SMILES string of the molecule is Nc1cccc(COc2ccc(-c3cc(F)c(F)cc3F)cc2)c1. The second-order valence-corrected chi connectivity index (χ2v) is 5.30. The van der Waals surface area contributed by atoms with Crippen molar-refractivity contribution in [2.24, 2.45) is 0 Å². The molecule has 0 aliphatic heterocycles. The van der Waals surface area contributed by atoms with E-state index in [9.17, 15) is 13.2 Å². The van der Waals surface area contributed by atoms with E-state index in [4.69, 9.17) is 10.5 Å². The molecule has 0 aliphatic rings. The minimum atomic E-state index is -1.21. The van der Waals surface area contributed by atoms with Crippen LogP contribution < -0.4 is 10.5 Å². The molecule has 0 fully saturated rings. The molecule has 24 heavy (non-hydrogen) atoms. The van der Waals surface area contributed by atoms with E-state index >= 15 is 0 Å². The Morgan fingerprint density at radius 3 is 2.21 bits per heavy atom. The number of nitrogen functional groups attached to an aromatic ring is 1. The molecule has 0 saturated heterocycles. The third kappa shape index (κ3) is 3.51. The van der Waals surface area contributed by atoms with Gasteiger partial charge in [-0.25, -0.2) is 13.2 Å². The molecule has 0 unspecified atom stereocenters. The Hall–Kier alpha value is -2.95. The first-order chi connectivity index (χ1) is 11.5. The van der Waals surface area contributed by atoms with Crippen molar-refractivity contribution in [2.75, 3.05) is 5.73 Å². The molecule has 0 radical (unpaired) electrons. The smallest absolute Gasteiger partial charge is 0.161 e. The molecule has 0 heterocycles. The third-order valence-corrected chi connectivity index (χ3v) is 3.53. The average molecular weight is 329 g/mol. The standard InChI is InChI=1S/C19H14F3NO/c20-17-10-19(22)18(21)9-16(17)13-4-6-15(7-5-13)24-11-12-2-1-3-14(23)8-12/h1-10H,11,23H2. The average Bonchev–Trinajstić information content (AvgIpc) is 2.57. The van der Waals surface area contributed by atoms with Crippen LogP contribution in [0.5, 0.6) is 5.75 Å². The molecule has 3 aromatic carbocycles. The van der Waals surface area contributed by atoms with E-state index < -0.39 is 17.5 Å². The lowest BCUT2D eigenvalue weighted by Gasteiger charge is -2.09. The molecule has 122 valence electrons. The summed E-state index contributed by atoms with van der Waals surface area (Å²) in [5.41, 5.74) is 7.71. The number of anilines is 1. The van der Waals surface area contributed by atoms with E-state index in [-0.39, 0.29) is 5.56 Å². The van der Waals surface area contributed by atoms with E-state index in [0.717, 1.165) is 11.6 Å². The van der Waals surface area contributed by atoms with Crippen molar-refractivity contribution in [2.45, 2.75) is 6.61 Å². The zero-order valence-electron chi connectivity index (χ0n) is 12.6. The van der Waals surface area contributed by atoms with Crippen LogP contribution in [0.3, 0.4) is 0 Å². The van der Waals surface area contributed by atoms with Gasteiger partial charge in [-0.2, -0.15) is 0 Å². The van der Waals surface area contributed by atoms with Gasteiger partial charge in [-0.15, -0.1) is 0 Å². The number of benzene rings is 3. The lowest BCUT2D eigenvalue weighted by atomic mass is 10.0. The number of nitrogens with two attached hydrogens (primary N) is 1. The topological polar surface area (TPSA) is 35.2 Å². The molecular weight excluding hydrogens is 315 g/mol. The van der Waals surface area contributed by atoms with Gasteiger partial charge in [0.2, 0.25) is 0 Å². The maximum Gasteiger partial charge on any atom is 0.161 e. The zero-order chi connectivity index (χ0) is 17.1. The predicted octanol–water partition coefficient (Wildman–Crippen LogP) is 4.93. The number of hydrogen-bond acceptors (Lipinski definition) is 2. The van der Waals surface area contributed by atoms with Crippen LogP contribution in [0, 0.1) is 17.5 Å². The first-order valence-corrected chi connectivity index (χ1v) is 7.25. The van der Waals surface area contributed by atoms with Gasteiger partial charge in [0.15, 0.2) is 11.6 Å². The molecule has 0 aromatic heterocycles. The van der Waals surface area contributed by atoms with Crippen LogP contribution in [0.4, 0.5) is 18.9 Å². The van der Waals surface area contributed by atoms with Crippen LogP contribution in [0.2, 0.25) is 0 Å². The minimum Gasteiger partial charge on any atom is -0.489 e. The van der Waals surface area contributed by atoms with Crippen LogP contribution in [0.15, 0.2) is 60.7 Å². The van der Waals surface area contributed by atoms with Crippen molar-refractivity contribution in [1.82, 2.24) is 0 Å². The second kappa shape index (κ2) is 6.66. The maximum atomic E-state index is 13.8. The highest BCUT2D eigenvalue weighted by Gasteiger charge is 2.11. The number of halogens is 3. The minimum absolute atomic E-state index is 0.00344. The third-order valence-electron chi connectivity index (χ3n) is 3.53. The lowest BCUT2D eigenvalue weighted by molar-refractivity contribution is 0.306. The van der Waals surface area contributed by atoms with Crippen molar-refractivity contribution in [3.05, 3.63) is 83.7 Å². The van der Waals surface area contributed by atoms with Gasteiger partial charge in [0, 0.05) is 17.3 Å². The van der Waals surface area contributed by atoms with Gasteiger partial charge in [0.05, 0.1) is 0 Å². The van der Waals surface area contributed by atoms with Gasteiger partial charge in [-0.1, -0.05) is 24.3 Å². The monoisotopic (exact) mass is 329 g/mol. The van der Waals surface area contributed by atoms with Crippen molar-refractivity contribution >= 4 is 5.69 Å². The van der Waals surface area contributed by atoms with E-state index in [0.29, 0.717) is 29.7 Å². The Bertz CT molecular complexity index is 863. The summed E-state index contributed by atoms with van der Waals surface area (Å²) in [5.74, 6) is -2.54. The Balaban J connectivity index is 1.75. The van der Waals surface area contributed by atoms with Gasteiger partial charge in [0.25, 0.3) is 0 Å². The molecule has 0 spiro atoms. The summed E-state index contributed by atoms with van der Waals surface area (Å²) < 4.78 is 45.7. The van der Waals surface area contributed by atoms with E-state index in [2.05, 4.69) is 0 Å². The van der Waals surface area contributed by atoms with Crippen LogP contribution in [-0.2, 0) is 6.61 Å². The molecule has 0 atom stereocenters. The fourth-order valence-electron chi connectivity index (χ4n) is 2.32. The molecule has 0 aliphatic carbocycles. The van der Waals surface area contributed by atoms with Gasteiger partial charge in [-0.3, -0.25) is 0 Å². The summed E-state index contributed by atoms with van der Waals surface area (Å²) in [7, 11) is 0. The summed E-state index contributed by atoms with van der Waals surface area (Å²) in [6, 6.07) is 15.2. The predicted molar refractivity (Wildman–Crippen MR) is 86.9 cm³/mol. The zero-order valence-corrected chi connectivity index (χ0v) is 12.6. The van der Waals surface area contributed by atoms with Gasteiger partial charge >= 0.3 is 0 Å². The number of ether oxygens (including phenoxy) is 1. The first-order valence-electron chi connectivity index (χ1n) is 7.25. The second-order valence-electron chi connectivity index (χ2n) is 5.30. The van der Waals surface area contributed by atoms with Crippen molar-refractivity contribution in [3.63, 3.8) is 0 Å². The Kier molecular flexibility index (Phi) is 4.42.